The monoisotopic (exact) mass is 255 g/mol. The SMILES string of the molecule is O=C(OC1CCCC1)N1CCC2(CC1)OCCO2. The van der Waals surface area contributed by atoms with Gasteiger partial charge in [0, 0.05) is 25.9 Å². The number of carbonyl (C=O) groups is 1. The van der Waals surface area contributed by atoms with Gasteiger partial charge < -0.3 is 19.1 Å². The summed E-state index contributed by atoms with van der Waals surface area (Å²) < 4.78 is 16.8. The Morgan fingerprint density at radius 2 is 1.72 bits per heavy atom. The van der Waals surface area contributed by atoms with Crippen molar-refractivity contribution in [2.75, 3.05) is 26.3 Å². The minimum Gasteiger partial charge on any atom is -0.446 e. The Labute approximate surface area is 107 Å². The van der Waals surface area contributed by atoms with Gasteiger partial charge in [0.2, 0.25) is 0 Å². The Morgan fingerprint density at radius 1 is 1.11 bits per heavy atom. The fourth-order valence-corrected chi connectivity index (χ4v) is 3.04. The number of nitrogens with zero attached hydrogens (tertiary/aromatic N) is 1. The average molecular weight is 255 g/mol. The van der Waals surface area contributed by atoms with E-state index in [2.05, 4.69) is 0 Å². The first-order valence-corrected chi connectivity index (χ1v) is 7.01. The van der Waals surface area contributed by atoms with Gasteiger partial charge in [-0.2, -0.15) is 0 Å². The van der Waals surface area contributed by atoms with Gasteiger partial charge >= 0.3 is 6.09 Å². The molecular weight excluding hydrogens is 234 g/mol. The summed E-state index contributed by atoms with van der Waals surface area (Å²) in [6.45, 7) is 2.69. The van der Waals surface area contributed by atoms with Crippen molar-refractivity contribution in [2.24, 2.45) is 0 Å². The van der Waals surface area contributed by atoms with E-state index in [1.54, 1.807) is 4.90 Å². The zero-order valence-corrected chi connectivity index (χ0v) is 10.7. The third kappa shape index (κ3) is 2.47. The molecule has 102 valence electrons. The maximum absolute atomic E-state index is 12.0. The van der Waals surface area contributed by atoms with Crippen LogP contribution < -0.4 is 0 Å². The molecule has 1 saturated carbocycles. The number of ether oxygens (including phenoxy) is 3. The standard InChI is InChI=1S/C13H21NO4/c15-12(18-11-3-1-2-4-11)14-7-5-13(6-8-14)16-9-10-17-13/h11H,1-10H2. The van der Waals surface area contributed by atoms with Gasteiger partial charge in [-0.3, -0.25) is 0 Å². The summed E-state index contributed by atoms with van der Waals surface area (Å²) >= 11 is 0. The third-order valence-corrected chi connectivity index (χ3v) is 4.17. The van der Waals surface area contributed by atoms with Gasteiger partial charge in [-0.1, -0.05) is 0 Å². The minimum atomic E-state index is -0.413. The van der Waals surface area contributed by atoms with Gasteiger partial charge in [-0.05, 0) is 25.7 Å². The van der Waals surface area contributed by atoms with Crippen LogP contribution in [0, 0.1) is 0 Å². The van der Waals surface area contributed by atoms with Crippen LogP contribution in [0.15, 0.2) is 0 Å². The van der Waals surface area contributed by atoms with E-state index in [1.165, 1.54) is 12.8 Å². The molecule has 1 aliphatic carbocycles. The Kier molecular flexibility index (Phi) is 3.43. The molecule has 2 aliphatic heterocycles. The molecule has 0 atom stereocenters. The topological polar surface area (TPSA) is 48.0 Å². The first-order valence-electron chi connectivity index (χ1n) is 7.01. The number of piperidine rings is 1. The van der Waals surface area contributed by atoms with Gasteiger partial charge in [0.05, 0.1) is 13.2 Å². The highest BCUT2D eigenvalue weighted by atomic mass is 16.7. The van der Waals surface area contributed by atoms with Crippen molar-refractivity contribution in [1.29, 1.82) is 0 Å². The molecule has 18 heavy (non-hydrogen) atoms. The Morgan fingerprint density at radius 3 is 2.33 bits per heavy atom. The van der Waals surface area contributed by atoms with Crippen LogP contribution in [-0.2, 0) is 14.2 Å². The molecule has 2 heterocycles. The van der Waals surface area contributed by atoms with Gasteiger partial charge in [-0.25, -0.2) is 4.79 Å². The van der Waals surface area contributed by atoms with Crippen molar-refractivity contribution >= 4 is 6.09 Å². The maximum atomic E-state index is 12.0. The van der Waals surface area contributed by atoms with Crippen LogP contribution >= 0.6 is 0 Å². The molecule has 3 rings (SSSR count). The minimum absolute atomic E-state index is 0.146. The lowest BCUT2D eigenvalue weighted by Gasteiger charge is -2.37. The van der Waals surface area contributed by atoms with E-state index >= 15 is 0 Å². The van der Waals surface area contributed by atoms with Crippen molar-refractivity contribution in [1.82, 2.24) is 4.90 Å². The molecule has 1 amide bonds. The van der Waals surface area contributed by atoms with Crippen LogP contribution in [0.3, 0.4) is 0 Å². The second-order valence-electron chi connectivity index (χ2n) is 5.38. The number of amides is 1. The average Bonchev–Trinajstić information content (AvgIpc) is 3.03. The van der Waals surface area contributed by atoms with Crippen molar-refractivity contribution in [2.45, 2.75) is 50.4 Å². The molecule has 0 aromatic carbocycles. The number of hydrogen-bond donors (Lipinski definition) is 0. The fourth-order valence-electron chi connectivity index (χ4n) is 3.04. The lowest BCUT2D eigenvalue weighted by molar-refractivity contribution is -0.182. The maximum Gasteiger partial charge on any atom is 0.410 e. The predicted molar refractivity (Wildman–Crippen MR) is 64.2 cm³/mol. The van der Waals surface area contributed by atoms with E-state index in [4.69, 9.17) is 14.2 Å². The van der Waals surface area contributed by atoms with E-state index in [9.17, 15) is 4.79 Å². The number of carbonyl (C=O) groups excluding carboxylic acids is 1. The molecule has 3 aliphatic rings. The summed E-state index contributed by atoms with van der Waals surface area (Å²) in [4.78, 5) is 13.8. The molecule has 0 aromatic heterocycles. The molecule has 5 heteroatoms. The number of hydrogen-bond acceptors (Lipinski definition) is 4. The molecule has 0 unspecified atom stereocenters. The molecule has 0 aromatic rings. The van der Waals surface area contributed by atoms with E-state index in [0.29, 0.717) is 26.3 Å². The largest absolute Gasteiger partial charge is 0.446 e. The number of likely N-dealkylation sites (tertiary alicyclic amines) is 1. The molecule has 0 N–H and O–H groups in total. The van der Waals surface area contributed by atoms with Crippen molar-refractivity contribution in [3.8, 4) is 0 Å². The zero-order chi connectivity index (χ0) is 12.4. The highest BCUT2D eigenvalue weighted by molar-refractivity contribution is 5.68. The van der Waals surface area contributed by atoms with Gasteiger partial charge in [-0.15, -0.1) is 0 Å². The normalized spacial score (nSPS) is 27.9. The van der Waals surface area contributed by atoms with Crippen LogP contribution in [0.5, 0.6) is 0 Å². The smallest absolute Gasteiger partial charge is 0.410 e. The molecule has 0 bridgehead atoms. The van der Waals surface area contributed by atoms with Crippen LogP contribution in [-0.4, -0.2) is 49.2 Å². The van der Waals surface area contributed by atoms with Crippen molar-refractivity contribution in [3.05, 3.63) is 0 Å². The lowest BCUT2D eigenvalue weighted by atomic mass is 10.0. The van der Waals surface area contributed by atoms with E-state index in [0.717, 1.165) is 25.7 Å². The first-order chi connectivity index (χ1) is 8.77. The summed E-state index contributed by atoms with van der Waals surface area (Å²) in [6, 6.07) is 0. The van der Waals surface area contributed by atoms with E-state index < -0.39 is 5.79 Å². The molecule has 3 fully saturated rings. The second kappa shape index (κ2) is 5.05. The summed E-state index contributed by atoms with van der Waals surface area (Å²) in [5.74, 6) is -0.413. The van der Waals surface area contributed by atoms with Crippen molar-refractivity contribution < 1.29 is 19.0 Å². The summed E-state index contributed by atoms with van der Waals surface area (Å²) in [6.07, 6.45) is 5.92. The lowest BCUT2D eigenvalue weighted by Crippen LogP contribution is -2.47. The van der Waals surface area contributed by atoms with Crippen LogP contribution in [0.2, 0.25) is 0 Å². The highest BCUT2D eigenvalue weighted by Gasteiger charge is 2.41. The molecule has 1 spiro atoms. The van der Waals surface area contributed by atoms with Crippen molar-refractivity contribution in [3.63, 3.8) is 0 Å². The first kappa shape index (κ1) is 12.2. The van der Waals surface area contributed by atoms with Gasteiger partial charge in [0.15, 0.2) is 5.79 Å². The molecule has 0 radical (unpaired) electrons. The molecular formula is C13H21NO4. The number of rotatable bonds is 1. The summed E-state index contributed by atoms with van der Waals surface area (Å²) in [5, 5.41) is 0. The molecule has 5 nitrogen and oxygen atoms in total. The quantitative estimate of drug-likeness (QED) is 0.718. The Bertz CT molecular complexity index is 298. The van der Waals surface area contributed by atoms with Crippen LogP contribution in [0.4, 0.5) is 4.79 Å². The van der Waals surface area contributed by atoms with Crippen LogP contribution in [0.1, 0.15) is 38.5 Å². The van der Waals surface area contributed by atoms with E-state index in [-0.39, 0.29) is 12.2 Å². The van der Waals surface area contributed by atoms with Crippen LogP contribution in [0.25, 0.3) is 0 Å². The fraction of sp³-hybridized carbons (Fsp3) is 0.923. The van der Waals surface area contributed by atoms with E-state index in [1.807, 2.05) is 0 Å². The summed E-state index contributed by atoms with van der Waals surface area (Å²) in [7, 11) is 0. The molecule has 2 saturated heterocycles. The predicted octanol–water partition coefficient (Wildman–Crippen LogP) is 1.90. The third-order valence-electron chi connectivity index (χ3n) is 4.17. The summed E-state index contributed by atoms with van der Waals surface area (Å²) in [5.41, 5.74) is 0. The zero-order valence-electron chi connectivity index (χ0n) is 10.7. The van der Waals surface area contributed by atoms with Gasteiger partial charge in [0.25, 0.3) is 0 Å². The second-order valence-corrected chi connectivity index (χ2v) is 5.38. The Hall–Kier alpha value is -0.810. The van der Waals surface area contributed by atoms with Gasteiger partial charge in [0.1, 0.15) is 6.10 Å². The Balaban J connectivity index is 1.48. The highest BCUT2D eigenvalue weighted by Crippen LogP contribution is 2.31.